The molecule has 0 heterocycles. The molecule has 0 aliphatic rings. The average Bonchev–Trinajstić information content (AvgIpc) is 2.14. The number of carbonyl (C=O) groups is 1. The van der Waals surface area contributed by atoms with Crippen molar-refractivity contribution in [2.75, 3.05) is 6.54 Å². The van der Waals surface area contributed by atoms with Crippen molar-refractivity contribution >= 4 is 5.91 Å². The maximum absolute atomic E-state index is 11.8. The fraction of sp³-hybridized carbons (Fsp3) is 0.750. The zero-order valence-corrected chi connectivity index (χ0v) is 10.6. The fourth-order valence-corrected chi connectivity index (χ4v) is 1.20. The SMILES string of the molecule is CC/C(N)=C(/CC)C(=O)NCC(C)(C)C. The smallest absolute Gasteiger partial charge is 0.248 e. The van der Waals surface area contributed by atoms with Gasteiger partial charge in [-0.2, -0.15) is 0 Å². The van der Waals surface area contributed by atoms with Crippen molar-refractivity contribution < 1.29 is 4.79 Å². The fourth-order valence-electron chi connectivity index (χ4n) is 1.20. The van der Waals surface area contributed by atoms with Gasteiger partial charge in [-0.3, -0.25) is 4.79 Å². The number of amides is 1. The number of carbonyl (C=O) groups excluding carboxylic acids is 1. The molecule has 0 bridgehead atoms. The van der Waals surface area contributed by atoms with Crippen LogP contribution in [-0.2, 0) is 4.79 Å². The number of nitrogens with one attached hydrogen (secondary N) is 1. The van der Waals surface area contributed by atoms with E-state index in [4.69, 9.17) is 5.73 Å². The van der Waals surface area contributed by atoms with E-state index in [-0.39, 0.29) is 11.3 Å². The van der Waals surface area contributed by atoms with Gasteiger partial charge in [0.1, 0.15) is 0 Å². The summed E-state index contributed by atoms with van der Waals surface area (Å²) in [5.74, 6) is -0.0215. The van der Waals surface area contributed by atoms with E-state index in [0.717, 1.165) is 12.0 Å². The lowest BCUT2D eigenvalue weighted by Gasteiger charge is -2.19. The zero-order chi connectivity index (χ0) is 12.1. The molecular weight excluding hydrogens is 188 g/mol. The highest BCUT2D eigenvalue weighted by molar-refractivity contribution is 5.93. The second kappa shape index (κ2) is 5.79. The molecule has 0 fully saturated rings. The van der Waals surface area contributed by atoms with Crippen molar-refractivity contribution in [2.24, 2.45) is 11.1 Å². The van der Waals surface area contributed by atoms with Crippen LogP contribution in [0.1, 0.15) is 47.5 Å². The number of hydrogen-bond acceptors (Lipinski definition) is 2. The minimum atomic E-state index is -0.0215. The van der Waals surface area contributed by atoms with Crippen molar-refractivity contribution in [3.05, 3.63) is 11.3 Å². The molecule has 0 aromatic rings. The van der Waals surface area contributed by atoms with E-state index < -0.39 is 0 Å². The molecule has 0 radical (unpaired) electrons. The van der Waals surface area contributed by atoms with E-state index in [9.17, 15) is 4.79 Å². The van der Waals surface area contributed by atoms with E-state index in [1.165, 1.54) is 0 Å². The molecule has 1 amide bonds. The van der Waals surface area contributed by atoms with Gasteiger partial charge < -0.3 is 11.1 Å². The van der Waals surface area contributed by atoms with Crippen LogP contribution in [0.5, 0.6) is 0 Å². The predicted molar refractivity (Wildman–Crippen MR) is 64.3 cm³/mol. The Morgan fingerprint density at radius 1 is 1.20 bits per heavy atom. The number of rotatable bonds is 4. The zero-order valence-electron chi connectivity index (χ0n) is 10.6. The number of nitrogens with two attached hydrogens (primary N) is 1. The second-order valence-electron chi connectivity index (χ2n) is 4.95. The maximum atomic E-state index is 11.8. The van der Waals surface area contributed by atoms with Crippen LogP contribution in [0.25, 0.3) is 0 Å². The molecule has 0 aromatic carbocycles. The first-order valence-corrected chi connectivity index (χ1v) is 5.57. The van der Waals surface area contributed by atoms with Crippen LogP contribution in [0.3, 0.4) is 0 Å². The van der Waals surface area contributed by atoms with Gasteiger partial charge in [-0.15, -0.1) is 0 Å². The van der Waals surface area contributed by atoms with E-state index in [2.05, 4.69) is 26.1 Å². The van der Waals surface area contributed by atoms with Crippen LogP contribution in [0.2, 0.25) is 0 Å². The Balaban J connectivity index is 4.44. The first-order valence-electron chi connectivity index (χ1n) is 5.57. The number of hydrogen-bond donors (Lipinski definition) is 2. The molecule has 0 aliphatic heterocycles. The molecule has 0 saturated carbocycles. The summed E-state index contributed by atoms with van der Waals surface area (Å²) >= 11 is 0. The molecular formula is C12H24N2O. The summed E-state index contributed by atoms with van der Waals surface area (Å²) in [5.41, 5.74) is 7.32. The Bertz CT molecular complexity index is 249. The predicted octanol–water partition coefficient (Wildman–Crippen LogP) is 2.18. The van der Waals surface area contributed by atoms with Crippen molar-refractivity contribution in [3.63, 3.8) is 0 Å². The van der Waals surface area contributed by atoms with E-state index in [1.54, 1.807) is 0 Å². The molecule has 0 atom stereocenters. The Hall–Kier alpha value is -0.990. The third kappa shape index (κ3) is 5.45. The summed E-state index contributed by atoms with van der Waals surface area (Å²) in [6.07, 6.45) is 1.42. The summed E-state index contributed by atoms with van der Waals surface area (Å²) in [4.78, 5) is 11.8. The van der Waals surface area contributed by atoms with Gasteiger partial charge in [-0.25, -0.2) is 0 Å². The van der Waals surface area contributed by atoms with Gasteiger partial charge in [0.2, 0.25) is 5.91 Å². The second-order valence-corrected chi connectivity index (χ2v) is 4.95. The van der Waals surface area contributed by atoms with Crippen LogP contribution >= 0.6 is 0 Å². The van der Waals surface area contributed by atoms with Gasteiger partial charge >= 0.3 is 0 Å². The van der Waals surface area contributed by atoms with Gasteiger partial charge in [0.05, 0.1) is 0 Å². The minimum absolute atomic E-state index is 0.0215. The Labute approximate surface area is 93.1 Å². The van der Waals surface area contributed by atoms with Gasteiger partial charge in [-0.05, 0) is 18.3 Å². The molecule has 0 spiro atoms. The van der Waals surface area contributed by atoms with Crippen molar-refractivity contribution in [2.45, 2.75) is 47.5 Å². The highest BCUT2D eigenvalue weighted by Gasteiger charge is 2.15. The molecule has 3 nitrogen and oxygen atoms in total. The van der Waals surface area contributed by atoms with Crippen LogP contribution in [0.4, 0.5) is 0 Å². The molecule has 88 valence electrons. The lowest BCUT2D eigenvalue weighted by atomic mass is 9.96. The quantitative estimate of drug-likeness (QED) is 0.702. The average molecular weight is 212 g/mol. The van der Waals surface area contributed by atoms with Crippen molar-refractivity contribution in [1.82, 2.24) is 5.32 Å². The van der Waals surface area contributed by atoms with Crippen LogP contribution < -0.4 is 11.1 Å². The minimum Gasteiger partial charge on any atom is -0.402 e. The van der Waals surface area contributed by atoms with E-state index >= 15 is 0 Å². The largest absolute Gasteiger partial charge is 0.402 e. The summed E-state index contributed by atoms with van der Waals surface area (Å²) in [7, 11) is 0. The first kappa shape index (κ1) is 14.0. The van der Waals surface area contributed by atoms with Crippen molar-refractivity contribution in [3.8, 4) is 0 Å². The highest BCUT2D eigenvalue weighted by atomic mass is 16.1. The lowest BCUT2D eigenvalue weighted by Crippen LogP contribution is -2.34. The Morgan fingerprint density at radius 2 is 1.73 bits per heavy atom. The monoisotopic (exact) mass is 212 g/mol. The van der Waals surface area contributed by atoms with Gasteiger partial charge in [0.15, 0.2) is 0 Å². The topological polar surface area (TPSA) is 55.1 Å². The maximum Gasteiger partial charge on any atom is 0.248 e. The van der Waals surface area contributed by atoms with Crippen molar-refractivity contribution in [1.29, 1.82) is 0 Å². The molecule has 15 heavy (non-hydrogen) atoms. The van der Waals surface area contributed by atoms with Crippen LogP contribution in [0, 0.1) is 5.41 Å². The summed E-state index contributed by atoms with van der Waals surface area (Å²) in [6.45, 7) is 10.9. The molecule has 0 saturated heterocycles. The number of allylic oxidation sites excluding steroid dienone is 1. The summed E-state index contributed by atoms with van der Waals surface area (Å²) < 4.78 is 0. The molecule has 0 rings (SSSR count). The van der Waals surface area contributed by atoms with Gasteiger partial charge in [-0.1, -0.05) is 34.6 Å². The Morgan fingerprint density at radius 3 is 2.07 bits per heavy atom. The van der Waals surface area contributed by atoms with Crippen LogP contribution in [0.15, 0.2) is 11.3 Å². The van der Waals surface area contributed by atoms with Crippen LogP contribution in [-0.4, -0.2) is 12.5 Å². The van der Waals surface area contributed by atoms with E-state index in [1.807, 2.05) is 13.8 Å². The molecule has 3 heteroatoms. The van der Waals surface area contributed by atoms with Gasteiger partial charge in [0.25, 0.3) is 0 Å². The third-order valence-electron chi connectivity index (χ3n) is 2.18. The highest BCUT2D eigenvalue weighted by Crippen LogP contribution is 2.12. The first-order chi connectivity index (χ1) is 6.81. The normalized spacial score (nSPS) is 13.4. The lowest BCUT2D eigenvalue weighted by molar-refractivity contribution is -0.118. The molecule has 0 aliphatic carbocycles. The third-order valence-corrected chi connectivity index (χ3v) is 2.18. The van der Waals surface area contributed by atoms with E-state index in [0.29, 0.717) is 18.7 Å². The summed E-state index contributed by atoms with van der Waals surface area (Å²) in [5, 5.41) is 2.91. The standard InChI is InChI=1S/C12H24N2O/c1-6-9(10(13)7-2)11(15)14-8-12(3,4)5/h6-8,13H2,1-5H3,(H,14,15)/b10-9+. The summed E-state index contributed by atoms with van der Waals surface area (Å²) in [6, 6.07) is 0. The molecule has 0 unspecified atom stereocenters. The van der Waals surface area contributed by atoms with Gasteiger partial charge in [0, 0.05) is 17.8 Å². The molecule has 3 N–H and O–H groups in total. The molecule has 0 aromatic heterocycles. The Kier molecular flexibility index (Phi) is 5.40.